The molecule has 0 fully saturated rings. The minimum atomic E-state index is -0.666. The molecule has 0 bridgehead atoms. The van der Waals surface area contributed by atoms with E-state index in [9.17, 15) is 14.7 Å². The van der Waals surface area contributed by atoms with E-state index in [0.29, 0.717) is 0 Å². The number of hydrogen-bond acceptors (Lipinski definition) is 7. The number of carbonyl (C=O) groups excluding carboxylic acids is 2. The topological polar surface area (TPSA) is 147 Å². The number of amides is 1. The summed E-state index contributed by atoms with van der Waals surface area (Å²) in [6, 6.07) is 2.65. The monoisotopic (exact) mass is 298 g/mol. The second-order valence-electron chi connectivity index (χ2n) is 3.72. The second-order valence-corrected chi connectivity index (χ2v) is 3.72. The number of nitrogens with zero attached hydrogens (tertiary/aromatic N) is 3. The third-order valence-electron chi connectivity index (χ3n) is 2.32. The van der Waals surface area contributed by atoms with Crippen molar-refractivity contribution >= 4 is 35.5 Å². The number of rotatable bonds is 3. The molecule has 2 aromatic rings. The van der Waals surface area contributed by atoms with Crippen molar-refractivity contribution in [3.8, 4) is 5.75 Å². The van der Waals surface area contributed by atoms with E-state index in [2.05, 4.69) is 25.9 Å². The number of anilines is 2. The first-order valence-electron chi connectivity index (χ1n) is 5.17. The van der Waals surface area contributed by atoms with Gasteiger partial charge in [0.05, 0.1) is 11.3 Å². The molecule has 0 saturated carbocycles. The molecule has 10 heteroatoms. The Labute approximate surface area is 119 Å². The number of aromatic hydroxyl groups is 1. The molecule has 1 heterocycles. The number of ketones is 1. The summed E-state index contributed by atoms with van der Waals surface area (Å²) >= 11 is 0. The maximum Gasteiger partial charge on any atom is 0.295 e. The third kappa shape index (κ3) is 3.01. The van der Waals surface area contributed by atoms with Crippen molar-refractivity contribution in [2.24, 2.45) is 0 Å². The number of hydrogen-bond donors (Lipinski definition) is 4. The zero-order chi connectivity index (χ0) is 14.0. The summed E-state index contributed by atoms with van der Waals surface area (Å²) in [5.74, 6) is -1.53. The fourth-order valence-corrected chi connectivity index (χ4v) is 1.46. The minimum absolute atomic E-state index is 0. The number of aromatic nitrogens is 4. The molecule has 1 aromatic carbocycles. The number of nitrogens with two attached hydrogens (primary N) is 1. The fraction of sp³-hybridized carbons (Fsp3) is 0.100. The lowest BCUT2D eigenvalue weighted by molar-refractivity contribution is 0.1000. The standard InChI is InChI=1S/C10H10N6O3.ClH/c1-4(17)6-2-5(11)3-7(8(6)18)12-10(19)9-13-15-16-14-9;/h2-3,18H,11H2,1H3,(H,12,19)(H,13,14,15,16);1H. The van der Waals surface area contributed by atoms with Crippen LogP contribution in [0.1, 0.15) is 27.9 Å². The number of carbonyl (C=O) groups is 2. The molecule has 1 amide bonds. The predicted octanol–water partition coefficient (Wildman–Crippen LogP) is 0.364. The van der Waals surface area contributed by atoms with Crippen LogP contribution in [0.15, 0.2) is 12.1 Å². The Balaban J connectivity index is 0.00000200. The molecule has 0 saturated heterocycles. The summed E-state index contributed by atoms with van der Waals surface area (Å²) in [5.41, 5.74) is 5.85. The van der Waals surface area contributed by atoms with Crippen LogP contribution in [0.25, 0.3) is 0 Å². The van der Waals surface area contributed by atoms with Crippen molar-refractivity contribution in [2.75, 3.05) is 11.1 Å². The molecule has 2 rings (SSSR count). The van der Waals surface area contributed by atoms with Gasteiger partial charge in [0, 0.05) is 5.69 Å². The number of halogens is 1. The van der Waals surface area contributed by atoms with Gasteiger partial charge < -0.3 is 16.2 Å². The summed E-state index contributed by atoms with van der Waals surface area (Å²) < 4.78 is 0. The molecule has 0 aliphatic carbocycles. The van der Waals surface area contributed by atoms with Crippen LogP contribution in [0, 0.1) is 0 Å². The summed E-state index contributed by atoms with van der Waals surface area (Å²) in [7, 11) is 0. The molecule has 20 heavy (non-hydrogen) atoms. The normalized spacial score (nSPS) is 9.65. The number of nitrogens with one attached hydrogen (secondary N) is 2. The molecule has 5 N–H and O–H groups in total. The van der Waals surface area contributed by atoms with E-state index in [4.69, 9.17) is 5.73 Å². The molecule has 0 aliphatic rings. The molecule has 0 unspecified atom stereocenters. The average molecular weight is 299 g/mol. The van der Waals surface area contributed by atoms with Crippen LogP contribution < -0.4 is 11.1 Å². The van der Waals surface area contributed by atoms with Gasteiger partial charge in [0.25, 0.3) is 5.91 Å². The first kappa shape index (κ1) is 15.4. The van der Waals surface area contributed by atoms with Gasteiger partial charge in [-0.05, 0) is 29.5 Å². The Morgan fingerprint density at radius 2 is 2.10 bits per heavy atom. The molecule has 0 radical (unpaired) electrons. The van der Waals surface area contributed by atoms with Crippen LogP contribution in [-0.2, 0) is 0 Å². The minimum Gasteiger partial charge on any atom is -0.505 e. The number of Topliss-reactive ketones (excluding diaryl/α,β-unsaturated/α-hetero) is 1. The van der Waals surface area contributed by atoms with E-state index in [1.54, 1.807) is 0 Å². The lowest BCUT2D eigenvalue weighted by atomic mass is 10.1. The second kappa shape index (κ2) is 5.97. The maximum absolute atomic E-state index is 11.7. The number of H-pyrrole nitrogens is 1. The Kier molecular flexibility index (Phi) is 4.59. The molecule has 0 aliphatic heterocycles. The number of tetrazole rings is 1. The fourth-order valence-electron chi connectivity index (χ4n) is 1.46. The van der Waals surface area contributed by atoms with Crippen molar-refractivity contribution < 1.29 is 14.7 Å². The van der Waals surface area contributed by atoms with E-state index < -0.39 is 5.91 Å². The zero-order valence-electron chi connectivity index (χ0n) is 10.2. The lowest BCUT2D eigenvalue weighted by Crippen LogP contribution is -2.14. The van der Waals surface area contributed by atoms with Crippen LogP contribution in [0.3, 0.4) is 0 Å². The predicted molar refractivity (Wildman–Crippen MR) is 71.9 cm³/mol. The Hall–Kier alpha value is -2.68. The van der Waals surface area contributed by atoms with Gasteiger partial charge in [-0.3, -0.25) is 9.59 Å². The Bertz CT molecular complexity index is 643. The van der Waals surface area contributed by atoms with Crippen LogP contribution in [0.2, 0.25) is 0 Å². The van der Waals surface area contributed by atoms with Gasteiger partial charge in [0.1, 0.15) is 5.75 Å². The van der Waals surface area contributed by atoms with Crippen molar-refractivity contribution in [2.45, 2.75) is 6.92 Å². The SMILES string of the molecule is CC(=O)c1cc(N)cc(NC(=O)c2nnn[nH]2)c1O.Cl. The van der Waals surface area contributed by atoms with Gasteiger partial charge in [-0.2, -0.15) is 0 Å². The zero-order valence-corrected chi connectivity index (χ0v) is 11.1. The van der Waals surface area contributed by atoms with E-state index in [1.807, 2.05) is 0 Å². The molecule has 1 aromatic heterocycles. The van der Waals surface area contributed by atoms with Gasteiger partial charge in [-0.15, -0.1) is 17.5 Å². The van der Waals surface area contributed by atoms with E-state index in [-0.39, 0.29) is 46.7 Å². The van der Waals surface area contributed by atoms with Gasteiger partial charge in [0.2, 0.25) is 5.82 Å². The Morgan fingerprint density at radius 3 is 2.65 bits per heavy atom. The van der Waals surface area contributed by atoms with Crippen LogP contribution in [0.5, 0.6) is 5.75 Å². The number of phenolic OH excluding ortho intramolecular Hbond substituents is 1. The van der Waals surface area contributed by atoms with Gasteiger partial charge in [-0.1, -0.05) is 0 Å². The summed E-state index contributed by atoms with van der Waals surface area (Å²) in [6.07, 6.45) is 0. The summed E-state index contributed by atoms with van der Waals surface area (Å²) in [5, 5.41) is 24.4. The Morgan fingerprint density at radius 1 is 1.40 bits per heavy atom. The summed E-state index contributed by atoms with van der Waals surface area (Å²) in [6.45, 7) is 1.28. The van der Waals surface area contributed by atoms with Crippen molar-refractivity contribution in [1.29, 1.82) is 0 Å². The average Bonchev–Trinajstić information content (AvgIpc) is 2.86. The number of aromatic amines is 1. The first-order valence-corrected chi connectivity index (χ1v) is 5.17. The van der Waals surface area contributed by atoms with Crippen LogP contribution in [0.4, 0.5) is 11.4 Å². The first-order chi connectivity index (χ1) is 8.99. The largest absolute Gasteiger partial charge is 0.505 e. The van der Waals surface area contributed by atoms with Crippen LogP contribution >= 0.6 is 12.4 Å². The maximum atomic E-state index is 11.7. The highest BCUT2D eigenvalue weighted by Gasteiger charge is 2.17. The van der Waals surface area contributed by atoms with Gasteiger partial charge in [0.15, 0.2) is 5.78 Å². The quantitative estimate of drug-likeness (QED) is 0.277. The molecule has 0 atom stereocenters. The van der Waals surface area contributed by atoms with Crippen molar-refractivity contribution in [3.05, 3.63) is 23.5 Å². The van der Waals surface area contributed by atoms with E-state index in [1.165, 1.54) is 19.1 Å². The summed E-state index contributed by atoms with van der Waals surface area (Å²) in [4.78, 5) is 23.0. The van der Waals surface area contributed by atoms with Gasteiger partial charge in [-0.25, -0.2) is 5.10 Å². The lowest BCUT2D eigenvalue weighted by Gasteiger charge is -2.10. The number of phenols is 1. The molecule has 9 nitrogen and oxygen atoms in total. The number of benzene rings is 1. The third-order valence-corrected chi connectivity index (χ3v) is 2.32. The van der Waals surface area contributed by atoms with Crippen molar-refractivity contribution in [3.63, 3.8) is 0 Å². The highest BCUT2D eigenvalue weighted by atomic mass is 35.5. The van der Waals surface area contributed by atoms with Gasteiger partial charge >= 0.3 is 0 Å². The number of nitrogen functional groups attached to an aromatic ring is 1. The molecule has 0 spiro atoms. The van der Waals surface area contributed by atoms with E-state index >= 15 is 0 Å². The van der Waals surface area contributed by atoms with Crippen molar-refractivity contribution in [1.82, 2.24) is 20.6 Å². The molecule has 106 valence electrons. The smallest absolute Gasteiger partial charge is 0.295 e. The highest BCUT2D eigenvalue weighted by molar-refractivity contribution is 6.05. The molecular formula is C10H11ClN6O3. The van der Waals surface area contributed by atoms with Crippen LogP contribution in [-0.4, -0.2) is 37.4 Å². The molecular weight excluding hydrogens is 288 g/mol. The van der Waals surface area contributed by atoms with E-state index in [0.717, 1.165) is 0 Å². The highest BCUT2D eigenvalue weighted by Crippen LogP contribution is 2.31.